The van der Waals surface area contributed by atoms with Gasteiger partial charge in [0, 0.05) is 18.4 Å². The molecule has 106 valence electrons. The molecule has 20 heavy (non-hydrogen) atoms. The first kappa shape index (κ1) is 14.5. The Morgan fingerprint density at radius 3 is 2.70 bits per heavy atom. The average Bonchev–Trinajstić information content (AvgIpc) is 2.53. The third-order valence-electron chi connectivity index (χ3n) is 3.66. The average molecular weight is 270 g/mol. The van der Waals surface area contributed by atoms with Crippen LogP contribution >= 0.6 is 0 Å². The highest BCUT2D eigenvalue weighted by Crippen LogP contribution is 2.26. The number of rotatable bonds is 6. The number of ether oxygens (including phenoxy) is 1. The van der Waals surface area contributed by atoms with Crippen LogP contribution in [0.25, 0.3) is 0 Å². The molecule has 3 nitrogen and oxygen atoms in total. The smallest absolute Gasteiger partial charge is 0.122 e. The molecule has 0 aliphatic rings. The van der Waals surface area contributed by atoms with Crippen molar-refractivity contribution >= 4 is 0 Å². The first-order chi connectivity index (χ1) is 9.80. The van der Waals surface area contributed by atoms with Gasteiger partial charge in [0.25, 0.3) is 0 Å². The maximum Gasteiger partial charge on any atom is 0.122 e. The van der Waals surface area contributed by atoms with Gasteiger partial charge in [-0.2, -0.15) is 0 Å². The van der Waals surface area contributed by atoms with Gasteiger partial charge in [-0.1, -0.05) is 25.1 Å². The molecular formula is C17H22N2O. The predicted molar refractivity (Wildman–Crippen MR) is 82.1 cm³/mol. The second kappa shape index (κ2) is 7.06. The highest BCUT2D eigenvalue weighted by Gasteiger charge is 2.15. The monoisotopic (exact) mass is 270 g/mol. The molecule has 0 spiro atoms. The van der Waals surface area contributed by atoms with Crippen LogP contribution in [-0.2, 0) is 12.8 Å². The highest BCUT2D eigenvalue weighted by molar-refractivity contribution is 5.36. The van der Waals surface area contributed by atoms with Crippen molar-refractivity contribution in [1.29, 1.82) is 0 Å². The normalized spacial score (nSPS) is 12.2. The summed E-state index contributed by atoms with van der Waals surface area (Å²) in [6, 6.07) is 10.6. The van der Waals surface area contributed by atoms with E-state index in [9.17, 15) is 0 Å². The van der Waals surface area contributed by atoms with E-state index >= 15 is 0 Å². The molecule has 0 saturated heterocycles. The molecule has 2 aromatic rings. The van der Waals surface area contributed by atoms with Gasteiger partial charge in [-0.25, -0.2) is 0 Å². The fourth-order valence-corrected chi connectivity index (χ4v) is 2.53. The molecule has 2 rings (SSSR count). The van der Waals surface area contributed by atoms with E-state index in [1.165, 1.54) is 16.7 Å². The number of likely N-dealkylation sites (N-methyl/N-ethyl adjacent to an activating group) is 1. The molecule has 1 aromatic carbocycles. The zero-order valence-electron chi connectivity index (χ0n) is 12.4. The van der Waals surface area contributed by atoms with Crippen molar-refractivity contribution < 1.29 is 4.74 Å². The van der Waals surface area contributed by atoms with Crippen LogP contribution in [0.3, 0.4) is 0 Å². The highest BCUT2D eigenvalue weighted by atomic mass is 16.5. The first-order valence-corrected chi connectivity index (χ1v) is 7.02. The lowest BCUT2D eigenvalue weighted by molar-refractivity contribution is 0.406. The Hall–Kier alpha value is -1.87. The number of hydrogen-bond acceptors (Lipinski definition) is 3. The first-order valence-electron chi connectivity index (χ1n) is 7.02. The number of pyridine rings is 1. The summed E-state index contributed by atoms with van der Waals surface area (Å²) >= 11 is 0. The van der Waals surface area contributed by atoms with Crippen LogP contribution in [0.5, 0.6) is 5.75 Å². The summed E-state index contributed by atoms with van der Waals surface area (Å²) in [6.45, 7) is 2.16. The third-order valence-corrected chi connectivity index (χ3v) is 3.66. The number of methoxy groups -OCH3 is 1. The van der Waals surface area contributed by atoms with Gasteiger partial charge in [0.1, 0.15) is 5.75 Å². The molecule has 1 N–H and O–H groups in total. The van der Waals surface area contributed by atoms with Crippen molar-refractivity contribution in [3.05, 3.63) is 59.4 Å². The molecular weight excluding hydrogens is 248 g/mol. The number of nitrogens with one attached hydrogen (secondary N) is 1. The summed E-state index contributed by atoms with van der Waals surface area (Å²) in [6.07, 6.45) is 5.72. The molecule has 1 heterocycles. The fourth-order valence-electron chi connectivity index (χ4n) is 2.53. The Balaban J connectivity index is 2.29. The lowest BCUT2D eigenvalue weighted by Gasteiger charge is -2.20. The van der Waals surface area contributed by atoms with Crippen LogP contribution < -0.4 is 10.1 Å². The number of para-hydroxylation sites is 1. The predicted octanol–water partition coefficient (Wildman–Crippen LogP) is 3.16. The Morgan fingerprint density at radius 1 is 1.20 bits per heavy atom. The van der Waals surface area contributed by atoms with Crippen LogP contribution in [0.1, 0.15) is 29.7 Å². The van der Waals surface area contributed by atoms with E-state index in [1.807, 2.05) is 31.6 Å². The van der Waals surface area contributed by atoms with E-state index in [0.29, 0.717) is 0 Å². The van der Waals surface area contributed by atoms with Gasteiger partial charge in [-0.3, -0.25) is 4.98 Å². The standard InChI is InChI=1S/C17H22N2O/c1-4-13-12-19-10-9-15(13)16(18-2)11-14-7-5-6-8-17(14)20-3/h5-10,12,16,18H,4,11H2,1-3H3. The molecule has 1 aromatic heterocycles. The molecule has 1 atom stereocenters. The zero-order chi connectivity index (χ0) is 14.4. The molecule has 0 saturated carbocycles. The van der Waals surface area contributed by atoms with Gasteiger partial charge in [-0.05, 0) is 48.7 Å². The largest absolute Gasteiger partial charge is 0.496 e. The van der Waals surface area contributed by atoms with Crippen LogP contribution in [0.15, 0.2) is 42.7 Å². The second-order valence-electron chi connectivity index (χ2n) is 4.79. The van der Waals surface area contributed by atoms with E-state index in [4.69, 9.17) is 4.74 Å². The van der Waals surface area contributed by atoms with E-state index in [1.54, 1.807) is 7.11 Å². The summed E-state index contributed by atoms with van der Waals surface area (Å²) < 4.78 is 5.44. The van der Waals surface area contributed by atoms with Crippen molar-refractivity contribution in [2.75, 3.05) is 14.2 Å². The summed E-state index contributed by atoms with van der Waals surface area (Å²) in [5, 5.41) is 3.41. The molecule has 0 bridgehead atoms. The van der Waals surface area contributed by atoms with E-state index < -0.39 is 0 Å². The number of hydrogen-bond donors (Lipinski definition) is 1. The molecule has 0 aliphatic carbocycles. The SMILES string of the molecule is CCc1cnccc1C(Cc1ccccc1OC)NC. The van der Waals surface area contributed by atoms with Crippen LogP contribution in [0.2, 0.25) is 0 Å². The van der Waals surface area contributed by atoms with Gasteiger partial charge < -0.3 is 10.1 Å². The molecule has 3 heteroatoms. The van der Waals surface area contributed by atoms with Gasteiger partial charge in [0.2, 0.25) is 0 Å². The summed E-state index contributed by atoms with van der Waals surface area (Å²) in [4.78, 5) is 4.22. The zero-order valence-corrected chi connectivity index (χ0v) is 12.4. The van der Waals surface area contributed by atoms with E-state index in [2.05, 4.69) is 35.4 Å². The van der Waals surface area contributed by atoms with Gasteiger partial charge in [0.05, 0.1) is 7.11 Å². The van der Waals surface area contributed by atoms with Gasteiger partial charge in [0.15, 0.2) is 0 Å². The van der Waals surface area contributed by atoms with Crippen molar-refractivity contribution in [3.8, 4) is 5.75 Å². The minimum absolute atomic E-state index is 0.268. The van der Waals surface area contributed by atoms with Crippen LogP contribution in [0, 0.1) is 0 Å². The Bertz CT molecular complexity index is 554. The number of aryl methyl sites for hydroxylation is 1. The lowest BCUT2D eigenvalue weighted by Crippen LogP contribution is -2.20. The molecule has 0 aliphatic heterocycles. The molecule has 0 amide bonds. The summed E-state index contributed by atoms with van der Waals surface area (Å²) in [5.41, 5.74) is 3.82. The number of nitrogens with zero attached hydrogens (tertiary/aromatic N) is 1. The Kier molecular flexibility index (Phi) is 5.13. The lowest BCUT2D eigenvalue weighted by atomic mass is 9.95. The number of aromatic nitrogens is 1. The van der Waals surface area contributed by atoms with E-state index in [0.717, 1.165) is 18.6 Å². The van der Waals surface area contributed by atoms with Crippen molar-refractivity contribution in [1.82, 2.24) is 10.3 Å². The fraction of sp³-hybridized carbons (Fsp3) is 0.353. The van der Waals surface area contributed by atoms with E-state index in [-0.39, 0.29) is 6.04 Å². The minimum Gasteiger partial charge on any atom is -0.496 e. The maximum atomic E-state index is 5.44. The Morgan fingerprint density at radius 2 is 2.00 bits per heavy atom. The number of benzene rings is 1. The van der Waals surface area contributed by atoms with Crippen molar-refractivity contribution in [2.45, 2.75) is 25.8 Å². The Labute approximate surface area is 121 Å². The van der Waals surface area contributed by atoms with Gasteiger partial charge in [-0.15, -0.1) is 0 Å². The van der Waals surface area contributed by atoms with Crippen LogP contribution in [-0.4, -0.2) is 19.1 Å². The maximum absolute atomic E-state index is 5.44. The third kappa shape index (κ3) is 3.17. The second-order valence-corrected chi connectivity index (χ2v) is 4.79. The minimum atomic E-state index is 0.268. The molecule has 0 fully saturated rings. The molecule has 0 radical (unpaired) electrons. The summed E-state index contributed by atoms with van der Waals surface area (Å²) in [5.74, 6) is 0.944. The van der Waals surface area contributed by atoms with Crippen LogP contribution in [0.4, 0.5) is 0 Å². The van der Waals surface area contributed by atoms with Crippen molar-refractivity contribution in [2.24, 2.45) is 0 Å². The summed E-state index contributed by atoms with van der Waals surface area (Å²) in [7, 11) is 3.72. The van der Waals surface area contributed by atoms with Crippen molar-refractivity contribution in [3.63, 3.8) is 0 Å². The molecule has 1 unspecified atom stereocenters. The van der Waals surface area contributed by atoms with Gasteiger partial charge >= 0.3 is 0 Å². The quantitative estimate of drug-likeness (QED) is 0.875. The topological polar surface area (TPSA) is 34.1 Å².